The van der Waals surface area contributed by atoms with Crippen molar-refractivity contribution in [2.45, 2.75) is 0 Å². The normalized spacial score (nSPS) is 11.5. The number of fused-ring (bicyclic) bond motifs is 3. The standard InChI is InChI=1S/C39H21B5N2/c40-34-33(35(41)37(43)38(44)36(34)42)32-27-14-6-4-12-25(27)31(26-13-5-7-15-28(26)32)22-18-20-24(21-19-22)46-30-17-9-8-16-29(30)45-39(46)23-10-2-1-3-11-23/h1-21H. The molecule has 8 aromatic rings. The van der Waals surface area contributed by atoms with Gasteiger partial charge in [0, 0.05) is 11.3 Å². The van der Waals surface area contributed by atoms with Crippen LogP contribution < -0.4 is 27.3 Å². The Morgan fingerprint density at radius 2 is 0.870 bits per heavy atom. The Balaban J connectivity index is 1.37. The van der Waals surface area contributed by atoms with Gasteiger partial charge in [-0.05, 0) is 68.1 Å². The Kier molecular flexibility index (Phi) is 6.80. The summed E-state index contributed by atoms with van der Waals surface area (Å²) < 4.78 is 2.22. The van der Waals surface area contributed by atoms with Crippen molar-refractivity contribution in [3.63, 3.8) is 0 Å². The lowest BCUT2D eigenvalue weighted by Crippen LogP contribution is -2.55. The van der Waals surface area contributed by atoms with Crippen molar-refractivity contribution >= 4 is 99.1 Å². The quantitative estimate of drug-likeness (QED) is 0.228. The van der Waals surface area contributed by atoms with Crippen LogP contribution in [-0.4, -0.2) is 48.8 Å². The summed E-state index contributed by atoms with van der Waals surface area (Å²) in [6, 6.07) is 43.7. The van der Waals surface area contributed by atoms with Crippen LogP contribution in [-0.2, 0) is 0 Å². The molecule has 1 aromatic heterocycles. The van der Waals surface area contributed by atoms with Gasteiger partial charge in [0.1, 0.15) is 45.1 Å². The van der Waals surface area contributed by atoms with E-state index in [1.165, 1.54) is 0 Å². The molecule has 0 aliphatic rings. The number of aromatic nitrogens is 2. The predicted octanol–water partition coefficient (Wildman–Crippen LogP) is 4.30. The first kappa shape index (κ1) is 28.3. The van der Waals surface area contributed by atoms with E-state index in [1.807, 2.05) is 60.7 Å². The SMILES string of the molecule is [B]c1c([B])c([B])c(-c2c3ccccc3c(-c3ccc(-n4c(-c5ccccc5)nc5ccccc54)cc3)c3ccccc23)c([B])c1[B]. The van der Waals surface area contributed by atoms with Crippen molar-refractivity contribution in [1.29, 1.82) is 0 Å². The van der Waals surface area contributed by atoms with Crippen LogP contribution in [0.4, 0.5) is 0 Å². The first-order valence-electron chi connectivity index (χ1n) is 15.0. The molecule has 10 radical (unpaired) electrons. The molecule has 0 amide bonds. The monoisotopic (exact) mass is 572 g/mol. The van der Waals surface area contributed by atoms with Crippen LogP contribution in [0.3, 0.4) is 0 Å². The van der Waals surface area contributed by atoms with E-state index in [4.69, 9.17) is 44.2 Å². The topological polar surface area (TPSA) is 17.8 Å². The molecule has 0 aliphatic carbocycles. The number of hydrogen-bond donors (Lipinski definition) is 0. The molecule has 202 valence electrons. The minimum absolute atomic E-state index is 0.199. The molecule has 0 saturated heterocycles. The number of imidazole rings is 1. The lowest BCUT2D eigenvalue weighted by Gasteiger charge is -2.25. The highest BCUT2D eigenvalue weighted by Gasteiger charge is 2.21. The van der Waals surface area contributed by atoms with E-state index in [9.17, 15) is 0 Å². The zero-order valence-corrected chi connectivity index (χ0v) is 24.9. The second-order valence-corrected chi connectivity index (χ2v) is 11.5. The van der Waals surface area contributed by atoms with E-state index >= 15 is 0 Å². The lowest BCUT2D eigenvalue weighted by atomic mass is 9.59. The van der Waals surface area contributed by atoms with E-state index in [-0.39, 0.29) is 16.4 Å². The van der Waals surface area contributed by atoms with Gasteiger partial charge in [-0.25, -0.2) is 4.98 Å². The Hall–Kier alpha value is -5.15. The Morgan fingerprint density at radius 1 is 0.391 bits per heavy atom. The molecule has 0 fully saturated rings. The average Bonchev–Trinajstić information content (AvgIpc) is 3.50. The van der Waals surface area contributed by atoms with Gasteiger partial charge in [-0.15, -0.1) is 16.4 Å². The minimum atomic E-state index is 0.199. The van der Waals surface area contributed by atoms with Gasteiger partial charge < -0.3 is 0 Å². The highest BCUT2D eigenvalue weighted by atomic mass is 15.1. The largest absolute Gasteiger partial charge is 0.292 e. The zero-order chi connectivity index (χ0) is 31.5. The maximum absolute atomic E-state index is 6.63. The van der Waals surface area contributed by atoms with Crippen LogP contribution in [0.25, 0.3) is 71.9 Å². The fraction of sp³-hybridized carbons (Fsp3) is 0. The van der Waals surface area contributed by atoms with E-state index < -0.39 is 0 Å². The van der Waals surface area contributed by atoms with Gasteiger partial charge in [0.15, 0.2) is 0 Å². The summed E-state index contributed by atoms with van der Waals surface area (Å²) in [4.78, 5) is 5.01. The maximum atomic E-state index is 6.63. The molecule has 0 N–H and O–H groups in total. The van der Waals surface area contributed by atoms with Crippen LogP contribution >= 0.6 is 0 Å². The highest BCUT2D eigenvalue weighted by molar-refractivity contribution is 6.69. The van der Waals surface area contributed by atoms with E-state index in [2.05, 4.69) is 71.3 Å². The third-order valence-electron chi connectivity index (χ3n) is 8.89. The molecular weight excluding hydrogens is 551 g/mol. The average molecular weight is 572 g/mol. The number of hydrogen-bond acceptors (Lipinski definition) is 1. The van der Waals surface area contributed by atoms with Crippen LogP contribution in [0.5, 0.6) is 0 Å². The van der Waals surface area contributed by atoms with E-state index in [1.54, 1.807) is 0 Å². The molecule has 0 spiro atoms. The predicted molar refractivity (Wildman–Crippen MR) is 199 cm³/mol. The smallest absolute Gasteiger partial charge is 0.145 e. The molecule has 2 nitrogen and oxygen atoms in total. The fourth-order valence-electron chi connectivity index (χ4n) is 6.67. The molecule has 8 rings (SSSR count). The number of para-hydroxylation sites is 2. The molecule has 0 atom stereocenters. The molecule has 0 bridgehead atoms. The first-order valence-corrected chi connectivity index (χ1v) is 15.0. The highest BCUT2D eigenvalue weighted by Crippen LogP contribution is 2.43. The maximum Gasteiger partial charge on any atom is 0.145 e. The number of nitrogens with zero attached hydrogens (tertiary/aromatic N) is 2. The Labute approximate surface area is 274 Å². The van der Waals surface area contributed by atoms with Crippen molar-refractivity contribution in [2.75, 3.05) is 0 Å². The summed E-state index contributed by atoms with van der Waals surface area (Å²) in [6.07, 6.45) is 0. The van der Waals surface area contributed by atoms with Gasteiger partial charge in [0.05, 0.1) is 11.0 Å². The van der Waals surface area contributed by atoms with Crippen molar-refractivity contribution in [3.8, 4) is 39.3 Å². The molecule has 0 unspecified atom stereocenters. The van der Waals surface area contributed by atoms with Crippen molar-refractivity contribution in [1.82, 2.24) is 9.55 Å². The van der Waals surface area contributed by atoms with Gasteiger partial charge in [-0.2, -0.15) is 0 Å². The van der Waals surface area contributed by atoms with Gasteiger partial charge >= 0.3 is 0 Å². The molecule has 46 heavy (non-hydrogen) atoms. The molecule has 1 heterocycles. The number of rotatable bonds is 4. The van der Waals surface area contributed by atoms with E-state index in [0.29, 0.717) is 16.5 Å². The molecular formula is C39H21B5N2. The van der Waals surface area contributed by atoms with Crippen LogP contribution in [0.2, 0.25) is 0 Å². The summed E-state index contributed by atoms with van der Waals surface area (Å²) >= 11 is 0. The summed E-state index contributed by atoms with van der Waals surface area (Å²) in [5.74, 6) is 0.895. The lowest BCUT2D eigenvalue weighted by molar-refractivity contribution is 1.10. The second-order valence-electron chi connectivity index (χ2n) is 11.5. The Morgan fingerprint density at radius 3 is 1.46 bits per heavy atom. The van der Waals surface area contributed by atoms with Crippen LogP contribution in [0.1, 0.15) is 0 Å². The zero-order valence-electron chi connectivity index (χ0n) is 24.9. The van der Waals surface area contributed by atoms with Gasteiger partial charge in [-0.1, -0.05) is 114 Å². The third-order valence-corrected chi connectivity index (χ3v) is 8.89. The second kappa shape index (κ2) is 11.0. The fourth-order valence-corrected chi connectivity index (χ4v) is 6.67. The van der Waals surface area contributed by atoms with Crippen molar-refractivity contribution in [3.05, 3.63) is 127 Å². The summed E-state index contributed by atoms with van der Waals surface area (Å²) in [5, 5.41) is 4.06. The molecule has 7 heteroatoms. The minimum Gasteiger partial charge on any atom is -0.292 e. The summed E-state index contributed by atoms with van der Waals surface area (Å²) in [5.41, 5.74) is 9.02. The van der Waals surface area contributed by atoms with Crippen molar-refractivity contribution in [2.24, 2.45) is 0 Å². The third kappa shape index (κ3) is 4.30. The van der Waals surface area contributed by atoms with Crippen molar-refractivity contribution < 1.29 is 0 Å². The number of benzene rings is 7. The van der Waals surface area contributed by atoms with Gasteiger partial charge in [-0.3, -0.25) is 4.57 Å². The van der Waals surface area contributed by atoms with Crippen LogP contribution in [0.15, 0.2) is 127 Å². The van der Waals surface area contributed by atoms with Gasteiger partial charge in [0.25, 0.3) is 0 Å². The Bertz CT molecular complexity index is 2380. The summed E-state index contributed by atoms with van der Waals surface area (Å²) in [6.45, 7) is 0. The molecule has 7 aromatic carbocycles. The first-order chi connectivity index (χ1) is 22.4. The summed E-state index contributed by atoms with van der Waals surface area (Å²) in [7, 11) is 32.1. The van der Waals surface area contributed by atoms with Gasteiger partial charge in [0.2, 0.25) is 0 Å². The molecule has 0 aliphatic heterocycles. The molecule has 0 saturated carbocycles. The van der Waals surface area contributed by atoms with Crippen LogP contribution in [0, 0.1) is 0 Å². The van der Waals surface area contributed by atoms with E-state index in [0.717, 1.165) is 66.3 Å².